The van der Waals surface area contributed by atoms with Gasteiger partial charge in [0.2, 0.25) is 0 Å². The van der Waals surface area contributed by atoms with E-state index >= 15 is 0 Å². The summed E-state index contributed by atoms with van der Waals surface area (Å²) in [7, 11) is 0. The molecule has 4 nitrogen and oxygen atoms in total. The molecule has 2 heterocycles. The Kier molecular flexibility index (Phi) is 5.20. The summed E-state index contributed by atoms with van der Waals surface area (Å²) >= 11 is 7.76. The van der Waals surface area contributed by atoms with Gasteiger partial charge >= 0.3 is 5.97 Å². The van der Waals surface area contributed by atoms with Gasteiger partial charge in [-0.3, -0.25) is 0 Å². The Bertz CT molecular complexity index is 710. The molecule has 3 rings (SSSR count). The van der Waals surface area contributed by atoms with Crippen LogP contribution in [0.15, 0.2) is 35.7 Å². The van der Waals surface area contributed by atoms with Crippen LogP contribution in [0.3, 0.4) is 0 Å². The fraction of sp³-hybridized carbons (Fsp3) is 0.235. The second-order valence-corrected chi connectivity index (χ2v) is 6.30. The van der Waals surface area contributed by atoms with Crippen LogP contribution in [-0.4, -0.2) is 19.2 Å². The molecule has 0 fully saturated rings. The summed E-state index contributed by atoms with van der Waals surface area (Å²) in [5.41, 5.74) is 0.761. The SMILES string of the molecule is O=C(/C=C/c1cccs1)OCc1cc(Cl)c2c(c1)OCCCO2. The van der Waals surface area contributed by atoms with Gasteiger partial charge in [-0.2, -0.15) is 0 Å². The number of thiophene rings is 1. The van der Waals surface area contributed by atoms with Crippen LogP contribution in [0.5, 0.6) is 11.5 Å². The topological polar surface area (TPSA) is 44.8 Å². The molecule has 1 aliphatic rings. The van der Waals surface area contributed by atoms with E-state index in [1.165, 1.54) is 6.08 Å². The third kappa shape index (κ3) is 4.27. The van der Waals surface area contributed by atoms with Crippen molar-refractivity contribution in [3.8, 4) is 11.5 Å². The van der Waals surface area contributed by atoms with Crippen LogP contribution >= 0.6 is 22.9 Å². The first-order valence-electron chi connectivity index (χ1n) is 7.19. The molecular formula is C17H15ClO4S. The van der Waals surface area contributed by atoms with E-state index in [0.29, 0.717) is 29.7 Å². The zero-order valence-corrected chi connectivity index (χ0v) is 13.9. The number of esters is 1. The number of fused-ring (bicyclic) bond motifs is 1. The fourth-order valence-corrected chi connectivity index (χ4v) is 3.01. The average molecular weight is 351 g/mol. The van der Waals surface area contributed by atoms with E-state index < -0.39 is 5.97 Å². The van der Waals surface area contributed by atoms with Crippen molar-refractivity contribution in [1.29, 1.82) is 0 Å². The Morgan fingerprint density at radius 1 is 1.35 bits per heavy atom. The molecular weight excluding hydrogens is 336 g/mol. The summed E-state index contributed by atoms with van der Waals surface area (Å²) in [5.74, 6) is 0.744. The number of benzene rings is 1. The highest BCUT2D eigenvalue weighted by Crippen LogP contribution is 2.38. The molecule has 0 saturated carbocycles. The molecule has 6 heteroatoms. The van der Waals surface area contributed by atoms with Gasteiger partial charge in [0.15, 0.2) is 11.5 Å². The van der Waals surface area contributed by atoms with Crippen molar-refractivity contribution >= 4 is 35.0 Å². The smallest absolute Gasteiger partial charge is 0.331 e. The first kappa shape index (κ1) is 15.9. The third-order valence-corrected chi connectivity index (χ3v) is 4.29. The minimum absolute atomic E-state index is 0.129. The lowest BCUT2D eigenvalue weighted by molar-refractivity contribution is -0.138. The van der Waals surface area contributed by atoms with Crippen LogP contribution in [0.2, 0.25) is 5.02 Å². The van der Waals surface area contributed by atoms with E-state index in [9.17, 15) is 4.79 Å². The maximum atomic E-state index is 11.7. The van der Waals surface area contributed by atoms with E-state index in [0.717, 1.165) is 16.9 Å². The minimum atomic E-state index is -0.401. The number of ether oxygens (including phenoxy) is 3. The Labute approximate surface area is 143 Å². The highest BCUT2D eigenvalue weighted by Gasteiger charge is 2.16. The molecule has 23 heavy (non-hydrogen) atoms. The second kappa shape index (κ2) is 7.53. The lowest BCUT2D eigenvalue weighted by Crippen LogP contribution is -2.01. The summed E-state index contributed by atoms with van der Waals surface area (Å²) < 4.78 is 16.4. The number of carbonyl (C=O) groups is 1. The standard InChI is InChI=1S/C17H15ClO4S/c18-14-9-12(10-15-17(14)21-7-2-6-20-15)11-22-16(19)5-4-13-3-1-8-23-13/h1,3-5,8-10H,2,6-7,11H2/b5-4+. The van der Waals surface area contributed by atoms with Crippen LogP contribution < -0.4 is 9.47 Å². The first-order chi connectivity index (χ1) is 11.2. The van der Waals surface area contributed by atoms with Crippen LogP contribution in [0.1, 0.15) is 16.9 Å². The maximum absolute atomic E-state index is 11.7. The van der Waals surface area contributed by atoms with E-state index in [2.05, 4.69) is 0 Å². The Morgan fingerprint density at radius 2 is 2.22 bits per heavy atom. The lowest BCUT2D eigenvalue weighted by Gasteiger charge is -2.11. The summed E-state index contributed by atoms with van der Waals surface area (Å²) in [6.45, 7) is 1.29. The van der Waals surface area contributed by atoms with Gasteiger partial charge in [-0.1, -0.05) is 17.7 Å². The maximum Gasteiger partial charge on any atom is 0.331 e. The predicted molar refractivity (Wildman–Crippen MR) is 90.2 cm³/mol. The van der Waals surface area contributed by atoms with Crippen molar-refractivity contribution < 1.29 is 19.0 Å². The van der Waals surface area contributed by atoms with Crippen LogP contribution in [-0.2, 0) is 16.1 Å². The van der Waals surface area contributed by atoms with Gasteiger partial charge < -0.3 is 14.2 Å². The molecule has 0 aliphatic carbocycles. The Balaban J connectivity index is 1.63. The summed E-state index contributed by atoms with van der Waals surface area (Å²) in [4.78, 5) is 12.7. The van der Waals surface area contributed by atoms with Crippen LogP contribution in [0.25, 0.3) is 6.08 Å². The summed E-state index contributed by atoms with van der Waals surface area (Å²) in [6, 6.07) is 7.38. The molecule has 0 spiro atoms. The van der Waals surface area contributed by atoms with Crippen molar-refractivity contribution in [2.75, 3.05) is 13.2 Å². The lowest BCUT2D eigenvalue weighted by atomic mass is 10.2. The summed E-state index contributed by atoms with van der Waals surface area (Å²) in [5, 5.41) is 2.41. The van der Waals surface area contributed by atoms with Gasteiger partial charge in [0.25, 0.3) is 0 Å². The minimum Gasteiger partial charge on any atom is -0.489 e. The Morgan fingerprint density at radius 3 is 3.04 bits per heavy atom. The molecule has 120 valence electrons. The van der Waals surface area contributed by atoms with E-state index in [4.69, 9.17) is 25.8 Å². The quantitative estimate of drug-likeness (QED) is 0.608. The van der Waals surface area contributed by atoms with Crippen molar-refractivity contribution in [2.45, 2.75) is 13.0 Å². The molecule has 0 radical (unpaired) electrons. The average Bonchev–Trinajstić information content (AvgIpc) is 2.95. The molecule has 0 amide bonds. The molecule has 1 aromatic heterocycles. The number of halogens is 1. The monoisotopic (exact) mass is 350 g/mol. The molecule has 0 N–H and O–H groups in total. The molecule has 0 bridgehead atoms. The van der Waals surface area contributed by atoms with Crippen molar-refractivity contribution in [3.63, 3.8) is 0 Å². The number of carbonyl (C=O) groups excluding carboxylic acids is 1. The fourth-order valence-electron chi connectivity index (χ4n) is 2.11. The third-order valence-electron chi connectivity index (χ3n) is 3.17. The largest absolute Gasteiger partial charge is 0.489 e. The normalized spacial score (nSPS) is 13.8. The number of hydrogen-bond acceptors (Lipinski definition) is 5. The number of hydrogen-bond donors (Lipinski definition) is 0. The molecule has 0 saturated heterocycles. The molecule has 1 aromatic carbocycles. The molecule has 2 aromatic rings. The molecule has 0 atom stereocenters. The van der Waals surface area contributed by atoms with Crippen LogP contribution in [0.4, 0.5) is 0 Å². The zero-order valence-electron chi connectivity index (χ0n) is 12.3. The van der Waals surface area contributed by atoms with E-state index in [1.807, 2.05) is 17.5 Å². The second-order valence-electron chi connectivity index (χ2n) is 4.91. The van der Waals surface area contributed by atoms with Gasteiger partial charge in [0.1, 0.15) is 6.61 Å². The van der Waals surface area contributed by atoms with Gasteiger partial charge in [-0.25, -0.2) is 4.79 Å². The molecule has 0 unspecified atom stereocenters. The van der Waals surface area contributed by atoms with Gasteiger partial charge in [0, 0.05) is 17.4 Å². The van der Waals surface area contributed by atoms with Gasteiger partial charge in [0.05, 0.1) is 18.2 Å². The predicted octanol–water partition coefficient (Wildman–Crippen LogP) is 4.32. The number of rotatable bonds is 4. The molecule has 1 aliphatic heterocycles. The van der Waals surface area contributed by atoms with Crippen LogP contribution in [0, 0.1) is 0 Å². The summed E-state index contributed by atoms with van der Waals surface area (Å²) in [6.07, 6.45) is 3.95. The van der Waals surface area contributed by atoms with Crippen molar-refractivity contribution in [2.24, 2.45) is 0 Å². The zero-order chi connectivity index (χ0) is 16.1. The van der Waals surface area contributed by atoms with E-state index in [1.54, 1.807) is 29.5 Å². The van der Waals surface area contributed by atoms with Crippen molar-refractivity contribution in [3.05, 3.63) is 51.2 Å². The first-order valence-corrected chi connectivity index (χ1v) is 8.44. The van der Waals surface area contributed by atoms with E-state index in [-0.39, 0.29) is 6.61 Å². The Hall–Kier alpha value is -1.98. The highest BCUT2D eigenvalue weighted by atomic mass is 35.5. The van der Waals surface area contributed by atoms with Gasteiger partial charge in [-0.15, -0.1) is 11.3 Å². The highest BCUT2D eigenvalue weighted by molar-refractivity contribution is 7.10. The van der Waals surface area contributed by atoms with Gasteiger partial charge in [-0.05, 0) is 35.2 Å². The van der Waals surface area contributed by atoms with Crippen molar-refractivity contribution in [1.82, 2.24) is 0 Å².